The number of hydrogen-bond donors (Lipinski definition) is 1. The largest absolute Gasteiger partial charge is 0.330 e. The lowest BCUT2D eigenvalue weighted by Gasteiger charge is -2.10. The third-order valence-corrected chi connectivity index (χ3v) is 2.96. The van der Waals surface area contributed by atoms with E-state index >= 15 is 0 Å². The highest BCUT2D eigenvalue weighted by molar-refractivity contribution is 5.71. The van der Waals surface area contributed by atoms with Crippen LogP contribution in [0.15, 0.2) is 18.3 Å². The minimum atomic E-state index is 0.461. The van der Waals surface area contributed by atoms with Crippen LogP contribution in [0.4, 0.5) is 0 Å². The number of hydrogen-bond acceptors (Lipinski definition) is 3. The molecule has 0 aromatic carbocycles. The van der Waals surface area contributed by atoms with Gasteiger partial charge in [-0.15, -0.1) is 0 Å². The minimum absolute atomic E-state index is 0.461. The Kier molecular flexibility index (Phi) is 3.74. The fourth-order valence-electron chi connectivity index (χ4n) is 2.01. The van der Waals surface area contributed by atoms with Crippen molar-refractivity contribution < 1.29 is 0 Å². The normalized spacial score (nSPS) is 13.1. The van der Waals surface area contributed by atoms with Crippen molar-refractivity contribution in [3.8, 4) is 0 Å². The van der Waals surface area contributed by atoms with Crippen LogP contribution in [0.1, 0.15) is 26.1 Å². The topological polar surface area (TPSA) is 56.7 Å². The van der Waals surface area contributed by atoms with Crippen molar-refractivity contribution in [3.63, 3.8) is 0 Å². The number of aromatic nitrogens is 3. The molecule has 0 saturated heterocycles. The fraction of sp³-hybridized carbons (Fsp3) is 0.538. The van der Waals surface area contributed by atoms with Crippen LogP contribution in [-0.2, 0) is 13.0 Å². The molecule has 2 heterocycles. The number of nitrogens with zero attached hydrogens (tertiary/aromatic N) is 3. The molecule has 2 aromatic heterocycles. The van der Waals surface area contributed by atoms with Gasteiger partial charge in [0.25, 0.3) is 0 Å². The van der Waals surface area contributed by atoms with E-state index in [0.717, 1.165) is 36.4 Å². The second-order valence-electron chi connectivity index (χ2n) is 4.57. The molecule has 0 saturated carbocycles. The Balaban J connectivity index is 2.42. The predicted molar refractivity (Wildman–Crippen MR) is 69.7 cm³/mol. The van der Waals surface area contributed by atoms with Crippen LogP contribution >= 0.6 is 0 Å². The molecule has 0 aliphatic rings. The van der Waals surface area contributed by atoms with Crippen molar-refractivity contribution in [2.24, 2.45) is 11.7 Å². The summed E-state index contributed by atoms with van der Waals surface area (Å²) in [5, 5.41) is 0. The molecule has 2 rings (SSSR count). The molecule has 0 bridgehead atoms. The summed E-state index contributed by atoms with van der Waals surface area (Å²) in [6.45, 7) is 6.00. The van der Waals surface area contributed by atoms with E-state index in [1.807, 2.05) is 18.3 Å². The first-order chi connectivity index (χ1) is 8.26. The molecule has 0 aliphatic carbocycles. The SMILES string of the molecule is CCCn1c(CC(C)CN)nc2cccnc21. The Bertz CT molecular complexity index is 489. The quantitative estimate of drug-likeness (QED) is 0.857. The minimum Gasteiger partial charge on any atom is -0.330 e. The first-order valence-electron chi connectivity index (χ1n) is 6.26. The van der Waals surface area contributed by atoms with E-state index in [-0.39, 0.29) is 0 Å². The molecule has 0 spiro atoms. The standard InChI is InChI=1S/C13H20N4/c1-3-7-17-12(8-10(2)9-14)16-11-5-4-6-15-13(11)17/h4-6,10H,3,7-9,14H2,1-2H3. The van der Waals surface area contributed by atoms with E-state index in [1.165, 1.54) is 0 Å². The fourth-order valence-corrected chi connectivity index (χ4v) is 2.01. The maximum Gasteiger partial charge on any atom is 0.159 e. The molecule has 0 fully saturated rings. The van der Waals surface area contributed by atoms with Crippen LogP contribution in [0.5, 0.6) is 0 Å². The molecule has 2 aromatic rings. The molecular weight excluding hydrogens is 212 g/mol. The van der Waals surface area contributed by atoms with Crippen LogP contribution < -0.4 is 5.73 Å². The number of pyridine rings is 1. The number of fused-ring (bicyclic) bond motifs is 1. The van der Waals surface area contributed by atoms with Gasteiger partial charge in [-0.2, -0.15) is 0 Å². The van der Waals surface area contributed by atoms with Gasteiger partial charge in [-0.1, -0.05) is 13.8 Å². The van der Waals surface area contributed by atoms with Crippen LogP contribution in [0.2, 0.25) is 0 Å². The van der Waals surface area contributed by atoms with Crippen molar-refractivity contribution in [2.75, 3.05) is 6.54 Å². The van der Waals surface area contributed by atoms with Gasteiger partial charge in [-0.05, 0) is 31.0 Å². The lowest BCUT2D eigenvalue weighted by molar-refractivity contribution is 0.543. The molecular formula is C13H20N4. The Hall–Kier alpha value is -1.42. The third kappa shape index (κ3) is 2.47. The Morgan fingerprint density at radius 3 is 3.00 bits per heavy atom. The van der Waals surface area contributed by atoms with E-state index in [2.05, 4.69) is 28.4 Å². The number of aryl methyl sites for hydroxylation is 1. The number of imidazole rings is 1. The van der Waals surface area contributed by atoms with E-state index < -0.39 is 0 Å². The van der Waals surface area contributed by atoms with Gasteiger partial charge < -0.3 is 10.3 Å². The van der Waals surface area contributed by atoms with Crippen LogP contribution in [0.3, 0.4) is 0 Å². The van der Waals surface area contributed by atoms with Gasteiger partial charge in [0.05, 0.1) is 0 Å². The van der Waals surface area contributed by atoms with Crippen molar-refractivity contribution in [1.82, 2.24) is 14.5 Å². The summed E-state index contributed by atoms with van der Waals surface area (Å²) >= 11 is 0. The highest BCUT2D eigenvalue weighted by atomic mass is 15.1. The molecule has 4 heteroatoms. The summed E-state index contributed by atoms with van der Waals surface area (Å²) in [5.41, 5.74) is 7.67. The Labute approximate surface area is 102 Å². The highest BCUT2D eigenvalue weighted by Gasteiger charge is 2.12. The molecule has 2 N–H and O–H groups in total. The van der Waals surface area contributed by atoms with Crippen molar-refractivity contribution in [1.29, 1.82) is 0 Å². The van der Waals surface area contributed by atoms with Gasteiger partial charge in [0.15, 0.2) is 5.65 Å². The summed E-state index contributed by atoms with van der Waals surface area (Å²) in [6, 6.07) is 3.95. The second-order valence-corrected chi connectivity index (χ2v) is 4.57. The number of rotatable bonds is 5. The molecule has 17 heavy (non-hydrogen) atoms. The van der Waals surface area contributed by atoms with E-state index in [4.69, 9.17) is 5.73 Å². The van der Waals surface area contributed by atoms with E-state index in [1.54, 1.807) is 0 Å². The summed E-state index contributed by atoms with van der Waals surface area (Å²) in [6.07, 6.45) is 3.84. The zero-order chi connectivity index (χ0) is 12.3. The van der Waals surface area contributed by atoms with Crippen molar-refractivity contribution in [2.45, 2.75) is 33.2 Å². The summed E-state index contributed by atoms with van der Waals surface area (Å²) in [5.74, 6) is 1.57. The average molecular weight is 232 g/mol. The summed E-state index contributed by atoms with van der Waals surface area (Å²) < 4.78 is 2.22. The Morgan fingerprint density at radius 1 is 1.47 bits per heavy atom. The average Bonchev–Trinajstić information content (AvgIpc) is 2.68. The maximum atomic E-state index is 5.69. The van der Waals surface area contributed by atoms with Gasteiger partial charge in [0.2, 0.25) is 0 Å². The molecule has 0 radical (unpaired) electrons. The zero-order valence-electron chi connectivity index (χ0n) is 10.6. The van der Waals surface area contributed by atoms with Gasteiger partial charge >= 0.3 is 0 Å². The third-order valence-electron chi connectivity index (χ3n) is 2.96. The molecule has 1 atom stereocenters. The molecule has 0 aliphatic heterocycles. The van der Waals surface area contributed by atoms with Gasteiger partial charge in [0, 0.05) is 19.2 Å². The predicted octanol–water partition coefficient (Wildman–Crippen LogP) is 1.98. The lowest BCUT2D eigenvalue weighted by Crippen LogP contribution is -2.16. The van der Waals surface area contributed by atoms with Gasteiger partial charge in [-0.25, -0.2) is 9.97 Å². The van der Waals surface area contributed by atoms with Crippen molar-refractivity contribution >= 4 is 11.2 Å². The number of nitrogens with two attached hydrogens (primary N) is 1. The first kappa shape index (κ1) is 12.0. The molecule has 0 amide bonds. The lowest BCUT2D eigenvalue weighted by atomic mass is 10.1. The second kappa shape index (κ2) is 5.27. The van der Waals surface area contributed by atoms with E-state index in [9.17, 15) is 0 Å². The van der Waals surface area contributed by atoms with Crippen LogP contribution in [0, 0.1) is 5.92 Å². The van der Waals surface area contributed by atoms with Crippen LogP contribution in [0.25, 0.3) is 11.2 Å². The zero-order valence-corrected chi connectivity index (χ0v) is 10.6. The molecule has 92 valence electrons. The smallest absolute Gasteiger partial charge is 0.159 e. The van der Waals surface area contributed by atoms with Crippen LogP contribution in [-0.4, -0.2) is 21.1 Å². The van der Waals surface area contributed by atoms with Gasteiger partial charge in [-0.3, -0.25) is 0 Å². The van der Waals surface area contributed by atoms with Crippen molar-refractivity contribution in [3.05, 3.63) is 24.2 Å². The summed E-state index contributed by atoms with van der Waals surface area (Å²) in [4.78, 5) is 9.09. The summed E-state index contributed by atoms with van der Waals surface area (Å²) in [7, 11) is 0. The highest BCUT2D eigenvalue weighted by Crippen LogP contribution is 2.16. The molecule has 4 nitrogen and oxygen atoms in total. The van der Waals surface area contributed by atoms with Gasteiger partial charge in [0.1, 0.15) is 11.3 Å². The van der Waals surface area contributed by atoms with E-state index in [0.29, 0.717) is 12.5 Å². The molecule has 1 unspecified atom stereocenters. The monoisotopic (exact) mass is 232 g/mol. The Morgan fingerprint density at radius 2 is 2.29 bits per heavy atom. The first-order valence-corrected chi connectivity index (χ1v) is 6.26. The maximum absolute atomic E-state index is 5.69.